The van der Waals surface area contributed by atoms with Gasteiger partial charge in [-0.15, -0.1) is 0 Å². The molecule has 1 heterocycles. The van der Waals surface area contributed by atoms with Gasteiger partial charge in [-0.25, -0.2) is 0 Å². The molecule has 3 aliphatic rings. The molecular formula is C16H20N2O2. The second-order valence-corrected chi connectivity index (χ2v) is 6.21. The van der Waals surface area contributed by atoms with Crippen molar-refractivity contribution in [2.75, 3.05) is 6.61 Å². The second kappa shape index (κ2) is 4.57. The first kappa shape index (κ1) is 12.4. The quantitative estimate of drug-likeness (QED) is 0.842. The first-order valence-corrected chi connectivity index (χ1v) is 7.51. The Kier molecular flexibility index (Phi) is 2.82. The first-order chi connectivity index (χ1) is 9.75. The lowest BCUT2D eigenvalue weighted by atomic mass is 9.68. The summed E-state index contributed by atoms with van der Waals surface area (Å²) in [7, 11) is 0. The standard InChI is InChI=1S/C16H20N2O2/c17-13-11-6-3-7-20-15(11)14(13)18-16(19)12-8-9-4-1-2-5-10(9)12/h1-2,4-5,11-15H,3,6-8,17H2,(H,18,19). The molecule has 1 saturated carbocycles. The Bertz CT molecular complexity index is 545. The molecule has 5 unspecified atom stereocenters. The summed E-state index contributed by atoms with van der Waals surface area (Å²) in [6, 6.07) is 8.21. The Balaban J connectivity index is 1.42. The number of fused-ring (bicyclic) bond motifs is 2. The predicted octanol–water partition coefficient (Wildman–Crippen LogP) is 0.947. The van der Waals surface area contributed by atoms with E-state index in [2.05, 4.69) is 11.4 Å². The molecule has 1 aromatic carbocycles. The Labute approximate surface area is 118 Å². The highest BCUT2D eigenvalue weighted by Crippen LogP contribution is 2.39. The van der Waals surface area contributed by atoms with Crippen molar-refractivity contribution >= 4 is 5.91 Å². The number of amides is 1. The number of benzene rings is 1. The molecule has 2 aliphatic carbocycles. The van der Waals surface area contributed by atoms with Gasteiger partial charge in [0.05, 0.1) is 18.1 Å². The summed E-state index contributed by atoms with van der Waals surface area (Å²) < 4.78 is 5.77. The van der Waals surface area contributed by atoms with E-state index >= 15 is 0 Å². The Morgan fingerprint density at radius 2 is 2.20 bits per heavy atom. The summed E-state index contributed by atoms with van der Waals surface area (Å²) in [5.41, 5.74) is 8.64. The highest BCUT2D eigenvalue weighted by Gasteiger charge is 2.51. The molecule has 4 nitrogen and oxygen atoms in total. The van der Waals surface area contributed by atoms with Crippen molar-refractivity contribution in [1.29, 1.82) is 0 Å². The van der Waals surface area contributed by atoms with Crippen molar-refractivity contribution in [3.05, 3.63) is 35.4 Å². The molecule has 4 heteroatoms. The highest BCUT2D eigenvalue weighted by molar-refractivity contribution is 5.87. The van der Waals surface area contributed by atoms with Crippen molar-refractivity contribution in [2.45, 2.75) is 43.4 Å². The Hall–Kier alpha value is -1.39. The van der Waals surface area contributed by atoms with Crippen LogP contribution in [-0.4, -0.2) is 30.7 Å². The third kappa shape index (κ3) is 1.71. The molecule has 4 rings (SSSR count). The van der Waals surface area contributed by atoms with Gasteiger partial charge in [0, 0.05) is 18.6 Å². The monoisotopic (exact) mass is 272 g/mol. The Morgan fingerprint density at radius 1 is 1.35 bits per heavy atom. The topological polar surface area (TPSA) is 64.3 Å². The van der Waals surface area contributed by atoms with Crippen LogP contribution in [0, 0.1) is 5.92 Å². The molecule has 1 saturated heterocycles. The van der Waals surface area contributed by atoms with Crippen LogP contribution in [0.3, 0.4) is 0 Å². The lowest BCUT2D eigenvalue weighted by Crippen LogP contribution is -2.72. The third-order valence-electron chi connectivity index (χ3n) is 5.16. The summed E-state index contributed by atoms with van der Waals surface area (Å²) in [4.78, 5) is 12.4. The SMILES string of the molecule is NC1C2CCCOC2C1NC(=O)C1Cc2ccccc21. The number of hydrogen-bond donors (Lipinski definition) is 2. The lowest BCUT2D eigenvalue weighted by Gasteiger charge is -2.52. The minimum atomic E-state index is 0.000521. The molecule has 3 N–H and O–H groups in total. The molecule has 5 atom stereocenters. The van der Waals surface area contributed by atoms with E-state index in [9.17, 15) is 4.79 Å². The molecule has 0 bridgehead atoms. The van der Waals surface area contributed by atoms with E-state index in [1.54, 1.807) is 0 Å². The number of rotatable bonds is 2. The van der Waals surface area contributed by atoms with Crippen molar-refractivity contribution < 1.29 is 9.53 Å². The van der Waals surface area contributed by atoms with E-state index in [1.807, 2.05) is 18.2 Å². The zero-order valence-electron chi connectivity index (χ0n) is 11.4. The maximum Gasteiger partial charge on any atom is 0.228 e. The summed E-state index contributed by atoms with van der Waals surface area (Å²) in [5.74, 6) is 0.542. The lowest BCUT2D eigenvalue weighted by molar-refractivity contribution is -0.140. The minimum Gasteiger partial charge on any atom is -0.376 e. The molecular weight excluding hydrogens is 252 g/mol. The third-order valence-corrected chi connectivity index (χ3v) is 5.16. The van der Waals surface area contributed by atoms with Crippen LogP contribution < -0.4 is 11.1 Å². The van der Waals surface area contributed by atoms with E-state index in [0.717, 1.165) is 25.9 Å². The van der Waals surface area contributed by atoms with Gasteiger partial charge in [0.2, 0.25) is 5.91 Å². The fourth-order valence-corrected chi connectivity index (χ4v) is 3.88. The molecule has 2 fully saturated rings. The molecule has 1 aliphatic heterocycles. The maximum atomic E-state index is 12.4. The van der Waals surface area contributed by atoms with Gasteiger partial charge in [-0.05, 0) is 30.4 Å². The number of carbonyl (C=O) groups excluding carboxylic acids is 1. The minimum absolute atomic E-state index is 0.000521. The van der Waals surface area contributed by atoms with Crippen molar-refractivity contribution in [3.8, 4) is 0 Å². The van der Waals surface area contributed by atoms with Gasteiger partial charge in [0.15, 0.2) is 0 Å². The number of carbonyl (C=O) groups is 1. The number of ether oxygens (including phenoxy) is 1. The van der Waals surface area contributed by atoms with E-state index in [1.165, 1.54) is 11.1 Å². The summed E-state index contributed by atoms with van der Waals surface area (Å²) in [5, 5.41) is 3.12. The largest absolute Gasteiger partial charge is 0.376 e. The van der Waals surface area contributed by atoms with E-state index in [4.69, 9.17) is 10.5 Å². The van der Waals surface area contributed by atoms with Gasteiger partial charge in [-0.1, -0.05) is 24.3 Å². The second-order valence-electron chi connectivity index (χ2n) is 6.21. The zero-order valence-corrected chi connectivity index (χ0v) is 11.4. The molecule has 0 radical (unpaired) electrons. The van der Waals surface area contributed by atoms with Crippen molar-refractivity contribution in [3.63, 3.8) is 0 Å². The average Bonchev–Trinajstić information content (AvgIpc) is 2.46. The van der Waals surface area contributed by atoms with Crippen LogP contribution in [0.1, 0.15) is 29.9 Å². The maximum absolute atomic E-state index is 12.4. The number of nitrogens with one attached hydrogen (secondary N) is 1. The molecule has 1 amide bonds. The molecule has 0 spiro atoms. The number of hydrogen-bond acceptors (Lipinski definition) is 3. The van der Waals surface area contributed by atoms with Crippen molar-refractivity contribution in [1.82, 2.24) is 5.32 Å². The van der Waals surface area contributed by atoms with Gasteiger partial charge in [-0.3, -0.25) is 4.79 Å². The van der Waals surface area contributed by atoms with Crippen LogP contribution in [-0.2, 0) is 16.0 Å². The van der Waals surface area contributed by atoms with Gasteiger partial charge in [-0.2, -0.15) is 0 Å². The highest BCUT2D eigenvalue weighted by atomic mass is 16.5. The summed E-state index contributed by atoms with van der Waals surface area (Å²) in [6.45, 7) is 0.798. The fourth-order valence-electron chi connectivity index (χ4n) is 3.88. The van der Waals surface area contributed by atoms with Gasteiger partial charge >= 0.3 is 0 Å². The fraction of sp³-hybridized carbons (Fsp3) is 0.562. The van der Waals surface area contributed by atoms with Gasteiger partial charge in [0.1, 0.15) is 0 Å². The molecule has 106 valence electrons. The van der Waals surface area contributed by atoms with Crippen LogP contribution in [0.15, 0.2) is 24.3 Å². The molecule has 20 heavy (non-hydrogen) atoms. The Morgan fingerprint density at radius 3 is 3.05 bits per heavy atom. The van der Waals surface area contributed by atoms with Crippen molar-refractivity contribution in [2.24, 2.45) is 11.7 Å². The number of nitrogens with two attached hydrogens (primary N) is 1. The predicted molar refractivity (Wildman–Crippen MR) is 75.3 cm³/mol. The van der Waals surface area contributed by atoms with Crippen LogP contribution >= 0.6 is 0 Å². The molecule has 0 aromatic heterocycles. The van der Waals surface area contributed by atoms with Crippen LogP contribution in [0.25, 0.3) is 0 Å². The first-order valence-electron chi connectivity index (χ1n) is 7.51. The molecule has 1 aromatic rings. The average molecular weight is 272 g/mol. The van der Waals surface area contributed by atoms with Crippen LogP contribution in [0.4, 0.5) is 0 Å². The smallest absolute Gasteiger partial charge is 0.228 e. The van der Waals surface area contributed by atoms with E-state index < -0.39 is 0 Å². The van der Waals surface area contributed by atoms with Gasteiger partial charge < -0.3 is 15.8 Å². The zero-order chi connectivity index (χ0) is 13.7. The van der Waals surface area contributed by atoms with E-state index in [0.29, 0.717) is 5.92 Å². The summed E-state index contributed by atoms with van der Waals surface area (Å²) >= 11 is 0. The van der Waals surface area contributed by atoms with Crippen LogP contribution in [0.5, 0.6) is 0 Å². The summed E-state index contributed by atoms with van der Waals surface area (Å²) in [6.07, 6.45) is 3.20. The van der Waals surface area contributed by atoms with E-state index in [-0.39, 0.29) is 30.0 Å². The van der Waals surface area contributed by atoms with Gasteiger partial charge in [0.25, 0.3) is 0 Å². The normalized spacial score (nSPS) is 38.0. The van der Waals surface area contributed by atoms with Crippen LogP contribution in [0.2, 0.25) is 0 Å².